The summed E-state index contributed by atoms with van der Waals surface area (Å²) < 4.78 is 10.4. The Bertz CT molecular complexity index is 966. The van der Waals surface area contributed by atoms with E-state index in [1.807, 2.05) is 6.07 Å². The average Bonchev–Trinajstić information content (AvgIpc) is 2.60. The predicted molar refractivity (Wildman–Crippen MR) is 91.6 cm³/mol. The summed E-state index contributed by atoms with van der Waals surface area (Å²) in [5, 5.41) is 5.42. The van der Waals surface area contributed by atoms with Crippen LogP contribution in [0.5, 0.6) is 5.75 Å². The normalized spacial score (nSPS) is 10.2. The fourth-order valence-corrected chi connectivity index (χ4v) is 2.13. The van der Waals surface area contributed by atoms with Crippen molar-refractivity contribution in [3.63, 3.8) is 0 Å². The molecule has 2 aromatic carbocycles. The second kappa shape index (κ2) is 7.31. The number of urea groups is 1. The highest BCUT2D eigenvalue weighted by Gasteiger charge is 2.09. The fraction of sp³-hybridized carbons (Fsp3) is 0.0556. The van der Waals surface area contributed by atoms with Crippen LogP contribution < -0.4 is 21.0 Å². The van der Waals surface area contributed by atoms with Crippen LogP contribution in [0.4, 0.5) is 10.5 Å². The Balaban J connectivity index is 1.55. The Labute approximate surface area is 142 Å². The van der Waals surface area contributed by atoms with Crippen LogP contribution in [0.25, 0.3) is 11.0 Å². The zero-order valence-corrected chi connectivity index (χ0v) is 13.0. The Hall–Kier alpha value is -3.61. The molecule has 3 amide bonds. The van der Waals surface area contributed by atoms with Crippen molar-refractivity contribution < 1.29 is 18.7 Å². The number of carbonyl (C=O) groups excluding carboxylic acids is 2. The Morgan fingerprint density at radius 1 is 1.00 bits per heavy atom. The van der Waals surface area contributed by atoms with Crippen LogP contribution in [-0.4, -0.2) is 18.5 Å². The molecule has 2 N–H and O–H groups in total. The van der Waals surface area contributed by atoms with Crippen molar-refractivity contribution in [1.82, 2.24) is 5.32 Å². The predicted octanol–water partition coefficient (Wildman–Crippen LogP) is 2.52. The summed E-state index contributed by atoms with van der Waals surface area (Å²) in [6.45, 7) is -0.356. The number of hydrogen-bond acceptors (Lipinski definition) is 5. The molecule has 1 aromatic heterocycles. The van der Waals surface area contributed by atoms with E-state index in [-0.39, 0.29) is 6.61 Å². The molecule has 7 nitrogen and oxygen atoms in total. The van der Waals surface area contributed by atoms with Gasteiger partial charge in [0, 0.05) is 23.2 Å². The Morgan fingerprint density at radius 2 is 1.76 bits per heavy atom. The van der Waals surface area contributed by atoms with E-state index in [1.54, 1.807) is 42.5 Å². The molecule has 0 saturated heterocycles. The molecule has 0 unspecified atom stereocenters. The number of rotatable bonds is 4. The number of hydrogen-bond donors (Lipinski definition) is 2. The lowest BCUT2D eigenvalue weighted by Gasteiger charge is -2.08. The number of imide groups is 1. The van der Waals surface area contributed by atoms with Gasteiger partial charge in [-0.15, -0.1) is 0 Å². The summed E-state index contributed by atoms with van der Waals surface area (Å²) in [5.74, 6) is -0.261. The Morgan fingerprint density at radius 3 is 2.56 bits per heavy atom. The van der Waals surface area contributed by atoms with Crippen molar-refractivity contribution in [3.8, 4) is 5.75 Å². The summed E-state index contributed by atoms with van der Waals surface area (Å²) in [6, 6.07) is 15.9. The maximum Gasteiger partial charge on any atom is 0.336 e. The molecule has 0 aliphatic carbocycles. The molecule has 25 heavy (non-hydrogen) atoms. The van der Waals surface area contributed by atoms with Crippen LogP contribution in [0.2, 0.25) is 0 Å². The number of anilines is 1. The lowest BCUT2D eigenvalue weighted by atomic mass is 10.2. The number of carbonyl (C=O) groups is 2. The lowest BCUT2D eigenvalue weighted by molar-refractivity contribution is -0.121. The van der Waals surface area contributed by atoms with Gasteiger partial charge in [0.1, 0.15) is 11.3 Å². The standard InChI is InChI=1S/C18H14N2O5/c21-16(20-18(23)19-13-4-2-1-3-5-13)11-24-14-8-6-12-7-9-17(22)25-15(12)10-14/h1-10H,11H2,(H2,19,20,21,23). The van der Waals surface area contributed by atoms with Crippen molar-refractivity contribution in [1.29, 1.82) is 0 Å². The number of benzene rings is 2. The van der Waals surface area contributed by atoms with Gasteiger partial charge in [-0.1, -0.05) is 18.2 Å². The topological polar surface area (TPSA) is 97.6 Å². The highest BCUT2D eigenvalue weighted by Crippen LogP contribution is 2.19. The Kier molecular flexibility index (Phi) is 4.75. The highest BCUT2D eigenvalue weighted by molar-refractivity contribution is 6.01. The van der Waals surface area contributed by atoms with Gasteiger partial charge in [-0.25, -0.2) is 9.59 Å². The summed E-state index contributed by atoms with van der Waals surface area (Å²) >= 11 is 0. The monoisotopic (exact) mass is 338 g/mol. The number of para-hydroxylation sites is 1. The van der Waals surface area contributed by atoms with Crippen molar-refractivity contribution >= 4 is 28.6 Å². The number of nitrogens with one attached hydrogen (secondary N) is 2. The van der Waals surface area contributed by atoms with Gasteiger partial charge in [-0.3, -0.25) is 10.1 Å². The van der Waals surface area contributed by atoms with Crippen LogP contribution >= 0.6 is 0 Å². The molecule has 3 rings (SSSR count). The molecule has 0 atom stereocenters. The minimum Gasteiger partial charge on any atom is -0.484 e. The maximum atomic E-state index is 11.8. The first kappa shape index (κ1) is 16.3. The van der Waals surface area contributed by atoms with E-state index in [0.717, 1.165) is 5.39 Å². The van der Waals surface area contributed by atoms with E-state index in [2.05, 4.69) is 10.6 Å². The van der Waals surface area contributed by atoms with Crippen LogP contribution in [0.1, 0.15) is 0 Å². The van der Waals surface area contributed by atoms with Gasteiger partial charge >= 0.3 is 11.7 Å². The molecule has 0 aliphatic heterocycles. The van der Waals surface area contributed by atoms with Gasteiger partial charge in [0.15, 0.2) is 6.61 Å². The molecule has 0 spiro atoms. The molecule has 0 bridgehead atoms. The minimum absolute atomic E-state index is 0.348. The van der Waals surface area contributed by atoms with Gasteiger partial charge < -0.3 is 14.5 Å². The van der Waals surface area contributed by atoms with Crippen LogP contribution in [0, 0.1) is 0 Å². The average molecular weight is 338 g/mol. The van der Waals surface area contributed by atoms with Crippen molar-refractivity contribution in [3.05, 3.63) is 71.1 Å². The number of amides is 3. The molecule has 7 heteroatoms. The van der Waals surface area contributed by atoms with Crippen molar-refractivity contribution in [2.24, 2.45) is 0 Å². The fourth-order valence-electron chi connectivity index (χ4n) is 2.13. The molecule has 3 aromatic rings. The molecule has 0 saturated carbocycles. The zero-order valence-electron chi connectivity index (χ0n) is 13.0. The van der Waals surface area contributed by atoms with Crippen molar-refractivity contribution in [2.75, 3.05) is 11.9 Å². The van der Waals surface area contributed by atoms with E-state index < -0.39 is 17.6 Å². The molecule has 0 aliphatic rings. The number of ether oxygens (including phenoxy) is 1. The summed E-state index contributed by atoms with van der Waals surface area (Å²) in [6.07, 6.45) is 0. The molecular formula is C18H14N2O5. The molecule has 0 fully saturated rings. The van der Waals surface area contributed by atoms with Gasteiger partial charge in [0.2, 0.25) is 0 Å². The lowest BCUT2D eigenvalue weighted by Crippen LogP contribution is -2.37. The minimum atomic E-state index is -0.649. The van der Waals surface area contributed by atoms with Crippen LogP contribution in [0.3, 0.4) is 0 Å². The molecule has 126 valence electrons. The highest BCUT2D eigenvalue weighted by atomic mass is 16.5. The smallest absolute Gasteiger partial charge is 0.336 e. The third-order valence-electron chi connectivity index (χ3n) is 3.25. The van der Waals surface area contributed by atoms with E-state index in [1.165, 1.54) is 12.1 Å². The van der Waals surface area contributed by atoms with Crippen molar-refractivity contribution in [2.45, 2.75) is 0 Å². The molecule has 1 heterocycles. The van der Waals surface area contributed by atoms with Gasteiger partial charge in [-0.2, -0.15) is 0 Å². The van der Waals surface area contributed by atoms with E-state index >= 15 is 0 Å². The van der Waals surface area contributed by atoms with Crippen LogP contribution in [-0.2, 0) is 4.79 Å². The van der Waals surface area contributed by atoms with E-state index in [9.17, 15) is 14.4 Å². The molecule has 0 radical (unpaired) electrons. The second-order valence-electron chi connectivity index (χ2n) is 5.11. The van der Waals surface area contributed by atoms with E-state index in [0.29, 0.717) is 17.0 Å². The van der Waals surface area contributed by atoms with Gasteiger partial charge in [0.25, 0.3) is 5.91 Å². The first-order chi connectivity index (χ1) is 12.1. The first-order valence-electron chi connectivity index (χ1n) is 7.43. The largest absolute Gasteiger partial charge is 0.484 e. The SMILES string of the molecule is O=C(COc1ccc2ccc(=O)oc2c1)NC(=O)Nc1ccccc1. The first-order valence-corrected chi connectivity index (χ1v) is 7.43. The third-order valence-corrected chi connectivity index (χ3v) is 3.25. The molecular weight excluding hydrogens is 324 g/mol. The summed E-state index contributed by atoms with van der Waals surface area (Å²) in [4.78, 5) is 34.7. The van der Waals surface area contributed by atoms with Gasteiger partial charge in [-0.05, 0) is 30.3 Å². The zero-order chi connectivity index (χ0) is 17.6. The second-order valence-corrected chi connectivity index (χ2v) is 5.11. The summed E-state index contributed by atoms with van der Waals surface area (Å²) in [5.41, 5.74) is 0.450. The number of fused-ring (bicyclic) bond motifs is 1. The van der Waals surface area contributed by atoms with Gasteiger partial charge in [0.05, 0.1) is 0 Å². The quantitative estimate of drug-likeness (QED) is 0.712. The van der Waals surface area contributed by atoms with E-state index in [4.69, 9.17) is 9.15 Å². The summed E-state index contributed by atoms with van der Waals surface area (Å²) in [7, 11) is 0. The third kappa shape index (κ3) is 4.44. The van der Waals surface area contributed by atoms with Crippen LogP contribution in [0.15, 0.2) is 69.9 Å². The maximum absolute atomic E-state index is 11.8.